The molecule has 0 bridgehead atoms. The van der Waals surface area contributed by atoms with Gasteiger partial charge in [-0.2, -0.15) is 0 Å². The number of hydrogen-bond donors (Lipinski definition) is 0. The number of carbonyl (C=O) groups is 1. The van der Waals surface area contributed by atoms with Gasteiger partial charge < -0.3 is 4.74 Å². The number of nitrogens with zero attached hydrogens (tertiary/aromatic N) is 2. The fraction of sp³-hybridized carbons (Fsp3) is 0.125. The van der Waals surface area contributed by atoms with E-state index in [1.807, 2.05) is 6.07 Å². The van der Waals surface area contributed by atoms with Gasteiger partial charge in [-0.05, 0) is 24.3 Å². The van der Waals surface area contributed by atoms with Crippen molar-refractivity contribution >= 4 is 21.5 Å². The number of sulfone groups is 1. The van der Waals surface area contributed by atoms with Crippen molar-refractivity contribution in [3.8, 4) is 11.3 Å². The Bertz CT molecular complexity index is 989. The van der Waals surface area contributed by atoms with Crippen molar-refractivity contribution in [2.24, 2.45) is 0 Å². The number of carbonyl (C=O) groups excluding carboxylic acids is 1. The lowest BCUT2D eigenvalue weighted by molar-refractivity contribution is 0.0594. The molecule has 0 aliphatic rings. The summed E-state index contributed by atoms with van der Waals surface area (Å²) in [6.45, 7) is 0. The van der Waals surface area contributed by atoms with Crippen molar-refractivity contribution in [1.82, 2.24) is 9.38 Å². The van der Waals surface area contributed by atoms with Crippen molar-refractivity contribution in [2.75, 3.05) is 13.4 Å². The molecule has 7 heteroatoms. The summed E-state index contributed by atoms with van der Waals surface area (Å²) in [7, 11) is -1.97. The van der Waals surface area contributed by atoms with Gasteiger partial charge in [-0.15, -0.1) is 0 Å². The first-order chi connectivity index (χ1) is 10.9. The standard InChI is InChI=1S/C16H14N2O4S/c1-22-16(19)15-14(17-13-5-3-4-10-18(13)15)11-6-8-12(9-7-11)23(2,20)21/h3-10H,1-2H3. The minimum absolute atomic E-state index is 0.213. The molecular weight excluding hydrogens is 316 g/mol. The zero-order valence-corrected chi connectivity index (χ0v) is 13.4. The van der Waals surface area contributed by atoms with E-state index in [1.165, 1.54) is 19.2 Å². The second-order valence-corrected chi connectivity index (χ2v) is 7.04. The van der Waals surface area contributed by atoms with E-state index >= 15 is 0 Å². The van der Waals surface area contributed by atoms with Gasteiger partial charge in [-0.25, -0.2) is 18.2 Å². The highest BCUT2D eigenvalue weighted by atomic mass is 32.2. The zero-order valence-electron chi connectivity index (χ0n) is 12.6. The smallest absolute Gasteiger partial charge is 0.357 e. The summed E-state index contributed by atoms with van der Waals surface area (Å²) in [5.41, 5.74) is 2.00. The minimum Gasteiger partial charge on any atom is -0.464 e. The van der Waals surface area contributed by atoms with E-state index in [2.05, 4.69) is 4.98 Å². The number of pyridine rings is 1. The summed E-state index contributed by atoms with van der Waals surface area (Å²) < 4.78 is 29.6. The largest absolute Gasteiger partial charge is 0.464 e. The molecule has 0 atom stereocenters. The average Bonchev–Trinajstić information content (AvgIpc) is 2.93. The van der Waals surface area contributed by atoms with E-state index in [0.717, 1.165) is 6.26 Å². The summed E-state index contributed by atoms with van der Waals surface area (Å²) in [5, 5.41) is 0. The van der Waals surface area contributed by atoms with Crippen LogP contribution in [-0.2, 0) is 14.6 Å². The lowest BCUT2D eigenvalue weighted by Crippen LogP contribution is -2.07. The maximum Gasteiger partial charge on any atom is 0.357 e. The van der Waals surface area contributed by atoms with Crippen molar-refractivity contribution in [2.45, 2.75) is 4.90 Å². The number of benzene rings is 1. The summed E-state index contributed by atoms with van der Waals surface area (Å²) in [6, 6.07) is 11.6. The second-order valence-electron chi connectivity index (χ2n) is 5.03. The lowest BCUT2D eigenvalue weighted by Gasteiger charge is -2.04. The van der Waals surface area contributed by atoms with Gasteiger partial charge >= 0.3 is 5.97 Å². The highest BCUT2D eigenvalue weighted by Gasteiger charge is 2.21. The van der Waals surface area contributed by atoms with Crippen LogP contribution >= 0.6 is 0 Å². The SMILES string of the molecule is COC(=O)c1c(-c2ccc(S(C)(=O)=O)cc2)nc2ccccn12. The van der Waals surface area contributed by atoms with Gasteiger partial charge in [0, 0.05) is 18.0 Å². The van der Waals surface area contributed by atoms with Gasteiger partial charge in [-0.1, -0.05) is 18.2 Å². The molecule has 0 radical (unpaired) electrons. The maximum absolute atomic E-state index is 12.1. The molecule has 0 spiro atoms. The number of methoxy groups -OCH3 is 1. The molecule has 2 aromatic heterocycles. The monoisotopic (exact) mass is 330 g/mol. The maximum atomic E-state index is 12.1. The lowest BCUT2D eigenvalue weighted by atomic mass is 10.1. The Morgan fingerprint density at radius 3 is 2.43 bits per heavy atom. The van der Waals surface area contributed by atoms with Crippen LogP contribution in [0.15, 0.2) is 53.6 Å². The Morgan fingerprint density at radius 1 is 1.13 bits per heavy atom. The van der Waals surface area contributed by atoms with Crippen LogP contribution in [0.5, 0.6) is 0 Å². The summed E-state index contributed by atoms with van der Waals surface area (Å²) in [5.74, 6) is -0.508. The third-order valence-corrected chi connectivity index (χ3v) is 4.59. The molecule has 0 saturated carbocycles. The van der Waals surface area contributed by atoms with E-state index < -0.39 is 15.8 Å². The molecule has 23 heavy (non-hydrogen) atoms. The topological polar surface area (TPSA) is 77.7 Å². The second kappa shape index (κ2) is 5.51. The highest BCUT2D eigenvalue weighted by molar-refractivity contribution is 7.90. The van der Waals surface area contributed by atoms with Crippen LogP contribution in [0.25, 0.3) is 16.9 Å². The van der Waals surface area contributed by atoms with E-state index in [1.54, 1.807) is 34.9 Å². The molecule has 3 rings (SSSR count). The minimum atomic E-state index is -3.27. The van der Waals surface area contributed by atoms with Crippen LogP contribution in [0.2, 0.25) is 0 Å². The molecular formula is C16H14N2O4S. The Hall–Kier alpha value is -2.67. The van der Waals surface area contributed by atoms with Crippen molar-refractivity contribution < 1.29 is 17.9 Å². The van der Waals surface area contributed by atoms with Gasteiger partial charge in [0.1, 0.15) is 11.3 Å². The number of ether oxygens (including phenoxy) is 1. The van der Waals surface area contributed by atoms with E-state index in [-0.39, 0.29) is 4.90 Å². The van der Waals surface area contributed by atoms with Gasteiger partial charge in [0.2, 0.25) is 0 Å². The third kappa shape index (κ3) is 2.70. The molecule has 0 amide bonds. The summed E-state index contributed by atoms with van der Waals surface area (Å²) >= 11 is 0. The summed E-state index contributed by atoms with van der Waals surface area (Å²) in [6.07, 6.45) is 2.87. The normalized spacial score (nSPS) is 11.6. The van der Waals surface area contributed by atoms with Crippen LogP contribution in [-0.4, -0.2) is 37.1 Å². The van der Waals surface area contributed by atoms with Crippen molar-refractivity contribution in [1.29, 1.82) is 0 Å². The molecule has 0 N–H and O–H groups in total. The molecule has 0 aliphatic carbocycles. The van der Waals surface area contributed by atoms with Gasteiger partial charge in [0.15, 0.2) is 15.5 Å². The van der Waals surface area contributed by atoms with Crippen LogP contribution in [0.3, 0.4) is 0 Å². The molecule has 0 unspecified atom stereocenters. The van der Waals surface area contributed by atoms with E-state index in [9.17, 15) is 13.2 Å². The van der Waals surface area contributed by atoms with Crippen LogP contribution in [0.1, 0.15) is 10.5 Å². The number of hydrogen-bond acceptors (Lipinski definition) is 5. The average molecular weight is 330 g/mol. The Morgan fingerprint density at radius 2 is 1.83 bits per heavy atom. The molecule has 0 fully saturated rings. The number of rotatable bonds is 3. The first kappa shape index (κ1) is 15.2. The third-order valence-electron chi connectivity index (χ3n) is 3.46. The first-order valence-corrected chi connectivity index (χ1v) is 8.67. The fourth-order valence-corrected chi connectivity index (χ4v) is 2.98. The fourth-order valence-electron chi connectivity index (χ4n) is 2.35. The molecule has 3 aromatic rings. The Balaban J connectivity index is 2.21. The Labute approximate surface area is 133 Å². The number of fused-ring (bicyclic) bond motifs is 1. The quantitative estimate of drug-likeness (QED) is 0.688. The van der Waals surface area contributed by atoms with Crippen LogP contribution < -0.4 is 0 Å². The van der Waals surface area contributed by atoms with Gasteiger partial charge in [-0.3, -0.25) is 4.40 Å². The number of esters is 1. The predicted molar refractivity (Wildman–Crippen MR) is 85.1 cm³/mol. The number of imidazole rings is 1. The molecule has 6 nitrogen and oxygen atoms in total. The van der Waals surface area contributed by atoms with Crippen LogP contribution in [0, 0.1) is 0 Å². The molecule has 1 aromatic carbocycles. The molecule has 2 heterocycles. The summed E-state index contributed by atoms with van der Waals surface area (Å²) in [4.78, 5) is 16.8. The van der Waals surface area contributed by atoms with Crippen molar-refractivity contribution in [3.63, 3.8) is 0 Å². The molecule has 0 aliphatic heterocycles. The van der Waals surface area contributed by atoms with Gasteiger partial charge in [0.05, 0.1) is 12.0 Å². The predicted octanol–water partition coefficient (Wildman–Crippen LogP) is 2.19. The number of aromatic nitrogens is 2. The molecule has 0 saturated heterocycles. The Kier molecular flexibility index (Phi) is 3.65. The van der Waals surface area contributed by atoms with E-state index in [4.69, 9.17) is 4.74 Å². The first-order valence-electron chi connectivity index (χ1n) is 6.77. The van der Waals surface area contributed by atoms with Crippen molar-refractivity contribution in [3.05, 3.63) is 54.4 Å². The van der Waals surface area contributed by atoms with Crippen LogP contribution in [0.4, 0.5) is 0 Å². The van der Waals surface area contributed by atoms with Gasteiger partial charge in [0.25, 0.3) is 0 Å². The molecule has 118 valence electrons. The zero-order chi connectivity index (χ0) is 16.6. The highest BCUT2D eigenvalue weighted by Crippen LogP contribution is 2.26. The van der Waals surface area contributed by atoms with E-state index in [0.29, 0.717) is 22.6 Å².